The van der Waals surface area contributed by atoms with Crippen LogP contribution in [0.25, 0.3) is 0 Å². The van der Waals surface area contributed by atoms with Crippen LogP contribution < -0.4 is 5.32 Å². The van der Waals surface area contributed by atoms with Gasteiger partial charge in [-0.25, -0.2) is 4.98 Å². The summed E-state index contributed by atoms with van der Waals surface area (Å²) in [6.07, 6.45) is 4.39. The molecule has 2 aromatic heterocycles. The van der Waals surface area contributed by atoms with Crippen molar-refractivity contribution in [2.75, 3.05) is 7.05 Å². The summed E-state index contributed by atoms with van der Waals surface area (Å²) in [5.74, 6) is 0. The largest absolute Gasteiger partial charge is 0.344 e. The number of hydrogen-bond acceptors (Lipinski definition) is 3. The van der Waals surface area contributed by atoms with E-state index in [9.17, 15) is 0 Å². The van der Waals surface area contributed by atoms with Crippen molar-refractivity contribution in [2.24, 2.45) is 0 Å². The highest BCUT2D eigenvalue weighted by molar-refractivity contribution is 7.09. The van der Waals surface area contributed by atoms with E-state index < -0.39 is 0 Å². The highest BCUT2D eigenvalue weighted by Gasteiger charge is 2.09. The number of aromatic nitrogens is 2. The van der Waals surface area contributed by atoms with Crippen molar-refractivity contribution in [3.63, 3.8) is 0 Å². The van der Waals surface area contributed by atoms with E-state index in [1.807, 2.05) is 7.05 Å². The lowest BCUT2D eigenvalue weighted by Gasteiger charge is -2.14. The van der Waals surface area contributed by atoms with E-state index in [2.05, 4.69) is 52.4 Å². The summed E-state index contributed by atoms with van der Waals surface area (Å²) in [6, 6.07) is 4.64. The third kappa shape index (κ3) is 3.00. The topological polar surface area (TPSA) is 29.9 Å². The van der Waals surface area contributed by atoms with Gasteiger partial charge in [0.15, 0.2) is 0 Å². The van der Waals surface area contributed by atoms with Gasteiger partial charge in [-0.3, -0.25) is 0 Å². The Morgan fingerprint density at radius 1 is 1.50 bits per heavy atom. The van der Waals surface area contributed by atoms with Crippen molar-refractivity contribution in [1.29, 1.82) is 0 Å². The maximum absolute atomic E-state index is 4.68. The maximum Gasteiger partial charge on any atom is 0.0928 e. The minimum absolute atomic E-state index is 0.369. The molecule has 18 heavy (non-hydrogen) atoms. The van der Waals surface area contributed by atoms with E-state index in [0.29, 0.717) is 6.04 Å². The molecule has 3 nitrogen and oxygen atoms in total. The molecule has 0 saturated carbocycles. The van der Waals surface area contributed by atoms with E-state index in [1.54, 1.807) is 11.3 Å². The third-order valence-corrected chi connectivity index (χ3v) is 4.09. The molecule has 1 N–H and O–H groups in total. The zero-order valence-corrected chi connectivity index (χ0v) is 12.1. The second kappa shape index (κ2) is 6.16. The summed E-state index contributed by atoms with van der Waals surface area (Å²) in [7, 11) is 1.99. The summed E-state index contributed by atoms with van der Waals surface area (Å²) >= 11 is 1.78. The van der Waals surface area contributed by atoms with Crippen LogP contribution in [0.5, 0.6) is 0 Å². The molecule has 2 rings (SSSR count). The van der Waals surface area contributed by atoms with Gasteiger partial charge < -0.3 is 9.88 Å². The van der Waals surface area contributed by atoms with Gasteiger partial charge in [-0.05, 0) is 38.9 Å². The maximum atomic E-state index is 4.68. The fraction of sp³-hybridized carbons (Fsp3) is 0.500. The highest BCUT2D eigenvalue weighted by atomic mass is 32.1. The molecule has 0 aliphatic carbocycles. The summed E-state index contributed by atoms with van der Waals surface area (Å²) in [5.41, 5.74) is 2.48. The van der Waals surface area contributed by atoms with Gasteiger partial charge >= 0.3 is 0 Å². The Hall–Kier alpha value is -1.13. The second-order valence-corrected chi connectivity index (χ2v) is 5.50. The molecule has 2 heterocycles. The zero-order chi connectivity index (χ0) is 13.0. The van der Waals surface area contributed by atoms with Gasteiger partial charge in [0.25, 0.3) is 0 Å². The normalized spacial score (nSPS) is 12.8. The van der Waals surface area contributed by atoms with Crippen LogP contribution in [-0.2, 0) is 13.0 Å². The average molecular weight is 263 g/mol. The fourth-order valence-corrected chi connectivity index (χ4v) is 2.93. The molecule has 1 unspecified atom stereocenters. The van der Waals surface area contributed by atoms with Crippen molar-refractivity contribution < 1.29 is 0 Å². The molecule has 1 atom stereocenters. The SMILES string of the molecule is CCCc1nc(Cn2cccc2C(C)NC)cs1. The molecule has 0 aromatic carbocycles. The number of nitrogens with zero attached hydrogens (tertiary/aromatic N) is 2. The first-order valence-corrected chi connectivity index (χ1v) is 7.38. The Kier molecular flexibility index (Phi) is 4.55. The van der Waals surface area contributed by atoms with E-state index >= 15 is 0 Å². The van der Waals surface area contributed by atoms with Crippen molar-refractivity contribution in [2.45, 2.75) is 39.3 Å². The molecule has 0 bridgehead atoms. The molecule has 98 valence electrons. The quantitative estimate of drug-likeness (QED) is 0.867. The standard InChI is InChI=1S/C14H21N3S/c1-4-6-14-16-12(10-18-14)9-17-8-5-7-13(17)11(2)15-3/h5,7-8,10-11,15H,4,6,9H2,1-3H3. The zero-order valence-electron chi connectivity index (χ0n) is 11.3. The van der Waals surface area contributed by atoms with Crippen LogP contribution in [0.4, 0.5) is 0 Å². The molecule has 0 amide bonds. The van der Waals surface area contributed by atoms with Crippen molar-refractivity contribution in [3.05, 3.63) is 40.1 Å². The van der Waals surface area contributed by atoms with Gasteiger partial charge in [0.2, 0.25) is 0 Å². The molecule has 2 aromatic rings. The molecule has 0 fully saturated rings. The van der Waals surface area contributed by atoms with Gasteiger partial charge in [0.05, 0.1) is 17.2 Å². The molecular formula is C14H21N3S. The van der Waals surface area contributed by atoms with Crippen LogP contribution in [0.3, 0.4) is 0 Å². The van der Waals surface area contributed by atoms with Crippen molar-refractivity contribution in [1.82, 2.24) is 14.9 Å². The number of aryl methyl sites for hydroxylation is 1. The number of thiazole rings is 1. The Bertz CT molecular complexity index is 487. The molecule has 0 aliphatic heterocycles. The lowest BCUT2D eigenvalue weighted by Crippen LogP contribution is -2.17. The van der Waals surface area contributed by atoms with Gasteiger partial charge in [0.1, 0.15) is 0 Å². The second-order valence-electron chi connectivity index (χ2n) is 4.55. The van der Waals surface area contributed by atoms with E-state index in [0.717, 1.165) is 13.0 Å². The average Bonchev–Trinajstić information content (AvgIpc) is 2.99. The van der Waals surface area contributed by atoms with E-state index in [1.165, 1.54) is 22.8 Å². The van der Waals surface area contributed by atoms with Crippen LogP contribution in [0.2, 0.25) is 0 Å². The molecule has 0 saturated heterocycles. The van der Waals surface area contributed by atoms with Crippen LogP contribution in [0.1, 0.15) is 42.7 Å². The highest BCUT2D eigenvalue weighted by Crippen LogP contribution is 2.17. The molecule has 0 aliphatic rings. The van der Waals surface area contributed by atoms with E-state index in [-0.39, 0.29) is 0 Å². The minimum Gasteiger partial charge on any atom is -0.344 e. The van der Waals surface area contributed by atoms with Gasteiger partial charge in [-0.2, -0.15) is 0 Å². The van der Waals surface area contributed by atoms with Crippen LogP contribution in [0.15, 0.2) is 23.7 Å². The van der Waals surface area contributed by atoms with Gasteiger partial charge in [-0.1, -0.05) is 6.92 Å². The third-order valence-electron chi connectivity index (χ3n) is 3.14. The first-order chi connectivity index (χ1) is 8.74. The van der Waals surface area contributed by atoms with Gasteiger partial charge in [0, 0.05) is 23.3 Å². The number of rotatable bonds is 6. The first kappa shape index (κ1) is 13.3. The smallest absolute Gasteiger partial charge is 0.0928 e. The summed E-state index contributed by atoms with van der Waals surface area (Å²) in [5, 5.41) is 6.71. The number of hydrogen-bond donors (Lipinski definition) is 1. The summed E-state index contributed by atoms with van der Waals surface area (Å²) in [4.78, 5) is 4.68. The van der Waals surface area contributed by atoms with Gasteiger partial charge in [-0.15, -0.1) is 11.3 Å². The minimum atomic E-state index is 0.369. The predicted octanol–water partition coefficient (Wildman–Crippen LogP) is 3.23. The van der Waals surface area contributed by atoms with E-state index in [4.69, 9.17) is 0 Å². The molecule has 4 heteroatoms. The van der Waals surface area contributed by atoms with Crippen LogP contribution in [0, 0.1) is 0 Å². The molecule has 0 spiro atoms. The number of nitrogens with one attached hydrogen (secondary N) is 1. The summed E-state index contributed by atoms with van der Waals surface area (Å²) < 4.78 is 2.27. The van der Waals surface area contributed by atoms with Crippen LogP contribution in [-0.4, -0.2) is 16.6 Å². The molecular weight excluding hydrogens is 242 g/mol. The summed E-state index contributed by atoms with van der Waals surface area (Å²) in [6.45, 7) is 5.24. The predicted molar refractivity (Wildman–Crippen MR) is 77.1 cm³/mol. The van der Waals surface area contributed by atoms with Crippen molar-refractivity contribution >= 4 is 11.3 Å². The Labute approximate surface area is 113 Å². The van der Waals surface area contributed by atoms with Crippen molar-refractivity contribution in [3.8, 4) is 0 Å². The fourth-order valence-electron chi connectivity index (χ4n) is 2.04. The lowest BCUT2D eigenvalue weighted by atomic mass is 10.2. The monoisotopic (exact) mass is 263 g/mol. The first-order valence-electron chi connectivity index (χ1n) is 6.50. The Morgan fingerprint density at radius 3 is 3.06 bits per heavy atom. The molecule has 0 radical (unpaired) electrons. The lowest BCUT2D eigenvalue weighted by molar-refractivity contribution is 0.587. The Balaban J connectivity index is 2.10. The Morgan fingerprint density at radius 2 is 2.33 bits per heavy atom. The van der Waals surface area contributed by atoms with Crippen LogP contribution >= 0.6 is 11.3 Å².